The largest absolute Gasteiger partial charge is 0.490 e. The molecule has 1 fully saturated rings. The number of halogens is 1. The molecule has 0 aliphatic carbocycles. The van der Waals surface area contributed by atoms with E-state index in [0.29, 0.717) is 6.54 Å². The van der Waals surface area contributed by atoms with Crippen LogP contribution in [0.15, 0.2) is 42.6 Å². The van der Waals surface area contributed by atoms with E-state index in [1.807, 2.05) is 18.3 Å². The van der Waals surface area contributed by atoms with Crippen LogP contribution in [0.5, 0.6) is 5.75 Å². The highest BCUT2D eigenvalue weighted by Crippen LogP contribution is 2.21. The van der Waals surface area contributed by atoms with Crippen LogP contribution in [-0.4, -0.2) is 30.6 Å². The van der Waals surface area contributed by atoms with E-state index in [1.54, 1.807) is 18.2 Å². The van der Waals surface area contributed by atoms with Gasteiger partial charge in [0.1, 0.15) is 5.82 Å². The number of piperidine rings is 1. The first kappa shape index (κ1) is 19.1. The van der Waals surface area contributed by atoms with Crippen LogP contribution < -0.4 is 15.0 Å². The number of nitrogens with one attached hydrogen (secondary N) is 1. The summed E-state index contributed by atoms with van der Waals surface area (Å²) >= 11 is 0. The molecule has 1 N–H and O–H groups in total. The van der Waals surface area contributed by atoms with Crippen LogP contribution in [0.25, 0.3) is 0 Å². The highest BCUT2D eigenvalue weighted by atomic mass is 19.1. The summed E-state index contributed by atoms with van der Waals surface area (Å²) in [6, 6.07) is 10.2. The molecule has 2 heterocycles. The van der Waals surface area contributed by atoms with Crippen LogP contribution in [-0.2, 0) is 11.3 Å². The van der Waals surface area contributed by atoms with Gasteiger partial charge in [0.25, 0.3) is 0 Å². The molecule has 1 aliphatic rings. The molecule has 144 valence electrons. The fraction of sp³-hybridized carbons (Fsp3) is 0.429. The molecule has 5 nitrogen and oxygen atoms in total. The molecule has 1 aromatic carbocycles. The number of carbonyl (C=O) groups is 1. The molecular formula is C21H26FN3O2. The van der Waals surface area contributed by atoms with E-state index in [9.17, 15) is 9.18 Å². The average Bonchev–Trinajstić information content (AvgIpc) is 2.69. The molecule has 1 amide bonds. The monoisotopic (exact) mass is 371 g/mol. The van der Waals surface area contributed by atoms with Crippen LogP contribution in [0.1, 0.15) is 31.7 Å². The number of ether oxygens (including phenoxy) is 1. The van der Waals surface area contributed by atoms with Gasteiger partial charge >= 0.3 is 0 Å². The van der Waals surface area contributed by atoms with Gasteiger partial charge in [0.2, 0.25) is 5.91 Å². The quantitative estimate of drug-likeness (QED) is 0.809. The number of aromatic nitrogens is 1. The summed E-state index contributed by atoms with van der Waals surface area (Å²) in [7, 11) is 0. The second-order valence-electron chi connectivity index (χ2n) is 7.00. The molecule has 0 spiro atoms. The van der Waals surface area contributed by atoms with Crippen molar-refractivity contribution in [2.45, 2.75) is 32.7 Å². The third kappa shape index (κ3) is 5.67. The van der Waals surface area contributed by atoms with Crippen LogP contribution in [0.3, 0.4) is 0 Å². The topological polar surface area (TPSA) is 54.5 Å². The van der Waals surface area contributed by atoms with Crippen molar-refractivity contribution in [3.05, 3.63) is 54.0 Å². The lowest BCUT2D eigenvalue weighted by atomic mass is 9.99. The average molecular weight is 371 g/mol. The molecule has 0 saturated carbocycles. The SMILES string of the molecule is CC1CCN(c2ccc(CNC(=O)CCOc3ccccc3F)cn2)CC1. The van der Waals surface area contributed by atoms with Gasteiger partial charge in [-0.05, 0) is 42.5 Å². The van der Waals surface area contributed by atoms with Crippen molar-refractivity contribution in [1.29, 1.82) is 0 Å². The number of amides is 1. The van der Waals surface area contributed by atoms with Crippen molar-refractivity contribution in [3.63, 3.8) is 0 Å². The fourth-order valence-corrected chi connectivity index (χ4v) is 3.05. The van der Waals surface area contributed by atoms with Gasteiger partial charge in [-0.25, -0.2) is 9.37 Å². The molecule has 27 heavy (non-hydrogen) atoms. The summed E-state index contributed by atoms with van der Waals surface area (Å²) in [6.07, 6.45) is 4.39. The first-order chi connectivity index (χ1) is 13.1. The van der Waals surface area contributed by atoms with Crippen molar-refractivity contribution in [3.8, 4) is 5.75 Å². The summed E-state index contributed by atoms with van der Waals surface area (Å²) in [5, 5.41) is 2.84. The maximum absolute atomic E-state index is 13.4. The van der Waals surface area contributed by atoms with Crippen molar-refractivity contribution in [2.75, 3.05) is 24.6 Å². The Kier molecular flexibility index (Phi) is 6.63. The van der Waals surface area contributed by atoms with Crippen LogP contribution in [0, 0.1) is 11.7 Å². The highest BCUT2D eigenvalue weighted by molar-refractivity contribution is 5.76. The number of anilines is 1. The number of hydrogen-bond acceptors (Lipinski definition) is 4. The Labute approximate surface area is 159 Å². The normalized spacial score (nSPS) is 14.8. The van der Waals surface area contributed by atoms with Crippen molar-refractivity contribution in [2.24, 2.45) is 5.92 Å². The number of nitrogens with zero attached hydrogens (tertiary/aromatic N) is 2. The first-order valence-corrected chi connectivity index (χ1v) is 9.45. The Morgan fingerprint density at radius 3 is 2.74 bits per heavy atom. The number of hydrogen-bond donors (Lipinski definition) is 1. The molecule has 1 aromatic heterocycles. The summed E-state index contributed by atoms with van der Waals surface area (Å²) in [6.45, 7) is 4.94. The molecule has 1 aliphatic heterocycles. The molecular weight excluding hydrogens is 345 g/mol. The Morgan fingerprint density at radius 1 is 1.26 bits per heavy atom. The van der Waals surface area contributed by atoms with E-state index in [0.717, 1.165) is 30.4 Å². The molecule has 1 saturated heterocycles. The van der Waals surface area contributed by atoms with Crippen LogP contribution in [0.4, 0.5) is 10.2 Å². The van der Waals surface area contributed by atoms with Gasteiger partial charge < -0.3 is 15.0 Å². The standard InChI is InChI=1S/C21H26FN3O2/c1-16-8-11-25(12-9-16)20-7-6-17(14-23-20)15-24-21(26)10-13-27-19-5-3-2-4-18(19)22/h2-7,14,16H,8-13,15H2,1H3,(H,24,26). The molecule has 0 unspecified atom stereocenters. The summed E-state index contributed by atoms with van der Waals surface area (Å²) < 4.78 is 18.7. The van der Waals surface area contributed by atoms with Gasteiger partial charge in [-0.2, -0.15) is 0 Å². The lowest BCUT2D eigenvalue weighted by molar-refractivity contribution is -0.121. The van der Waals surface area contributed by atoms with E-state index >= 15 is 0 Å². The lowest BCUT2D eigenvalue weighted by Crippen LogP contribution is -2.33. The zero-order valence-corrected chi connectivity index (χ0v) is 15.7. The number of benzene rings is 1. The lowest BCUT2D eigenvalue weighted by Gasteiger charge is -2.31. The second kappa shape index (κ2) is 9.35. The maximum atomic E-state index is 13.4. The number of para-hydroxylation sites is 1. The Morgan fingerprint density at radius 2 is 2.04 bits per heavy atom. The summed E-state index contributed by atoms with van der Waals surface area (Å²) in [5.74, 6) is 1.39. The van der Waals surface area contributed by atoms with Gasteiger partial charge in [0.15, 0.2) is 11.6 Å². The van der Waals surface area contributed by atoms with Gasteiger partial charge in [-0.3, -0.25) is 4.79 Å². The maximum Gasteiger partial charge on any atom is 0.223 e. The van der Waals surface area contributed by atoms with Gasteiger partial charge in [0.05, 0.1) is 13.0 Å². The number of carbonyl (C=O) groups excluding carboxylic acids is 1. The third-order valence-corrected chi connectivity index (χ3v) is 4.83. The zero-order valence-electron chi connectivity index (χ0n) is 15.7. The zero-order chi connectivity index (χ0) is 19.1. The molecule has 6 heteroatoms. The predicted octanol–water partition coefficient (Wildman–Crippen LogP) is 3.54. The smallest absolute Gasteiger partial charge is 0.223 e. The Hall–Kier alpha value is -2.63. The molecule has 0 atom stereocenters. The molecule has 0 radical (unpaired) electrons. The van der Waals surface area contributed by atoms with Gasteiger partial charge in [-0.1, -0.05) is 25.1 Å². The first-order valence-electron chi connectivity index (χ1n) is 9.45. The predicted molar refractivity (Wildman–Crippen MR) is 103 cm³/mol. The van der Waals surface area contributed by atoms with E-state index in [2.05, 4.69) is 22.1 Å². The fourth-order valence-electron chi connectivity index (χ4n) is 3.05. The van der Waals surface area contributed by atoms with E-state index < -0.39 is 5.82 Å². The van der Waals surface area contributed by atoms with Gasteiger partial charge in [0, 0.05) is 25.8 Å². The van der Waals surface area contributed by atoms with E-state index in [-0.39, 0.29) is 24.7 Å². The molecule has 2 aromatic rings. The minimum absolute atomic E-state index is 0.136. The second-order valence-corrected chi connectivity index (χ2v) is 7.00. The number of rotatable bonds is 7. The highest BCUT2D eigenvalue weighted by Gasteiger charge is 2.16. The molecule has 3 rings (SSSR count). The van der Waals surface area contributed by atoms with Crippen molar-refractivity contribution in [1.82, 2.24) is 10.3 Å². The Bertz CT molecular complexity index is 743. The van der Waals surface area contributed by atoms with Crippen LogP contribution >= 0.6 is 0 Å². The van der Waals surface area contributed by atoms with Gasteiger partial charge in [-0.15, -0.1) is 0 Å². The van der Waals surface area contributed by atoms with E-state index in [1.165, 1.54) is 18.9 Å². The molecule has 0 bridgehead atoms. The van der Waals surface area contributed by atoms with Crippen molar-refractivity contribution < 1.29 is 13.9 Å². The van der Waals surface area contributed by atoms with Crippen molar-refractivity contribution >= 4 is 11.7 Å². The minimum atomic E-state index is -0.424. The third-order valence-electron chi connectivity index (χ3n) is 4.83. The number of pyridine rings is 1. The van der Waals surface area contributed by atoms with Crippen LogP contribution in [0.2, 0.25) is 0 Å². The minimum Gasteiger partial charge on any atom is -0.490 e. The Balaban J connectivity index is 1.39. The summed E-state index contributed by atoms with van der Waals surface area (Å²) in [5.41, 5.74) is 0.951. The van der Waals surface area contributed by atoms with E-state index in [4.69, 9.17) is 4.74 Å². The summed E-state index contributed by atoms with van der Waals surface area (Å²) in [4.78, 5) is 18.8.